The van der Waals surface area contributed by atoms with Crippen molar-refractivity contribution in [2.24, 2.45) is 11.8 Å². The molecule has 0 amide bonds. The van der Waals surface area contributed by atoms with Crippen LogP contribution in [0.25, 0.3) is 0 Å². The minimum atomic E-state index is 0.388. The summed E-state index contributed by atoms with van der Waals surface area (Å²) in [7, 11) is 0. The first-order chi connectivity index (χ1) is 7.48. The van der Waals surface area contributed by atoms with Crippen LogP contribution in [0.4, 0.5) is 0 Å². The van der Waals surface area contributed by atoms with Crippen molar-refractivity contribution in [2.75, 3.05) is 0 Å². The fourth-order valence-corrected chi connectivity index (χ4v) is 3.90. The molecule has 0 spiro atoms. The molecule has 0 saturated heterocycles. The molecule has 0 heterocycles. The lowest BCUT2D eigenvalue weighted by Gasteiger charge is -2.39. The van der Waals surface area contributed by atoms with Crippen LogP contribution in [0.3, 0.4) is 0 Å². The third-order valence-corrected chi connectivity index (χ3v) is 4.94. The molecule has 0 N–H and O–H groups in total. The van der Waals surface area contributed by atoms with Crippen molar-refractivity contribution in [2.45, 2.75) is 46.0 Å². The summed E-state index contributed by atoms with van der Waals surface area (Å²) >= 11 is 3.61. The quantitative estimate of drug-likeness (QED) is 0.720. The molecule has 2 rings (SSSR count). The SMILES string of the molecule is CC(C)C1(C(C)C)CCc2ccc(Br)cc21. The molecule has 0 bridgehead atoms. The highest BCUT2D eigenvalue weighted by Crippen LogP contribution is 2.49. The van der Waals surface area contributed by atoms with Gasteiger partial charge in [-0.05, 0) is 47.9 Å². The Bertz CT molecular complexity index is 382. The summed E-state index contributed by atoms with van der Waals surface area (Å²) in [6.45, 7) is 9.48. The van der Waals surface area contributed by atoms with Crippen LogP contribution in [0.5, 0.6) is 0 Å². The van der Waals surface area contributed by atoms with E-state index in [9.17, 15) is 0 Å². The Hall–Kier alpha value is -0.300. The summed E-state index contributed by atoms with van der Waals surface area (Å²) in [4.78, 5) is 0. The minimum absolute atomic E-state index is 0.388. The summed E-state index contributed by atoms with van der Waals surface area (Å²) < 4.78 is 1.22. The zero-order valence-corrected chi connectivity index (χ0v) is 12.3. The highest BCUT2D eigenvalue weighted by molar-refractivity contribution is 9.10. The van der Waals surface area contributed by atoms with Gasteiger partial charge in [0, 0.05) is 9.89 Å². The van der Waals surface area contributed by atoms with Gasteiger partial charge in [0.05, 0.1) is 0 Å². The molecule has 16 heavy (non-hydrogen) atoms. The van der Waals surface area contributed by atoms with E-state index >= 15 is 0 Å². The summed E-state index contributed by atoms with van der Waals surface area (Å²) in [5.41, 5.74) is 3.54. The van der Waals surface area contributed by atoms with Crippen LogP contribution in [0.1, 0.15) is 45.2 Å². The summed E-state index contributed by atoms with van der Waals surface area (Å²) in [6.07, 6.45) is 2.56. The summed E-state index contributed by atoms with van der Waals surface area (Å²) in [5, 5.41) is 0. The van der Waals surface area contributed by atoms with Crippen LogP contribution >= 0.6 is 15.9 Å². The first-order valence-electron chi connectivity index (χ1n) is 6.27. The third kappa shape index (κ3) is 1.64. The molecular formula is C15H21Br. The van der Waals surface area contributed by atoms with E-state index in [1.807, 2.05) is 0 Å². The third-order valence-electron chi connectivity index (χ3n) is 4.44. The topological polar surface area (TPSA) is 0 Å². The molecule has 1 heteroatoms. The average molecular weight is 281 g/mol. The highest BCUT2D eigenvalue weighted by Gasteiger charge is 2.43. The number of rotatable bonds is 2. The lowest BCUT2D eigenvalue weighted by atomic mass is 9.65. The van der Waals surface area contributed by atoms with E-state index in [-0.39, 0.29) is 0 Å². The molecule has 0 nitrogen and oxygen atoms in total. The van der Waals surface area contributed by atoms with E-state index in [2.05, 4.69) is 61.8 Å². The first kappa shape index (κ1) is 12.2. The van der Waals surface area contributed by atoms with Gasteiger partial charge in [-0.15, -0.1) is 0 Å². The van der Waals surface area contributed by atoms with E-state index in [1.165, 1.54) is 17.3 Å². The minimum Gasteiger partial charge on any atom is -0.0619 e. The van der Waals surface area contributed by atoms with Crippen LogP contribution in [0.15, 0.2) is 22.7 Å². The van der Waals surface area contributed by atoms with Gasteiger partial charge in [0.2, 0.25) is 0 Å². The van der Waals surface area contributed by atoms with Crippen LogP contribution in [0.2, 0.25) is 0 Å². The van der Waals surface area contributed by atoms with Gasteiger partial charge in [0.25, 0.3) is 0 Å². The van der Waals surface area contributed by atoms with E-state index in [1.54, 1.807) is 11.1 Å². The molecular weight excluding hydrogens is 260 g/mol. The monoisotopic (exact) mass is 280 g/mol. The van der Waals surface area contributed by atoms with Crippen molar-refractivity contribution < 1.29 is 0 Å². The Balaban J connectivity index is 2.58. The smallest absolute Gasteiger partial charge is 0.0178 e. The fourth-order valence-electron chi connectivity index (χ4n) is 3.54. The van der Waals surface area contributed by atoms with Gasteiger partial charge in [0.1, 0.15) is 0 Å². The van der Waals surface area contributed by atoms with Crippen LogP contribution in [0, 0.1) is 11.8 Å². The molecule has 1 aliphatic carbocycles. The van der Waals surface area contributed by atoms with Crippen molar-refractivity contribution in [1.82, 2.24) is 0 Å². The molecule has 1 aliphatic rings. The molecule has 0 unspecified atom stereocenters. The van der Waals surface area contributed by atoms with E-state index < -0.39 is 0 Å². The van der Waals surface area contributed by atoms with Crippen molar-refractivity contribution in [3.05, 3.63) is 33.8 Å². The number of halogens is 1. The Labute approximate surface area is 108 Å². The zero-order chi connectivity index (χ0) is 11.9. The number of aryl methyl sites for hydroxylation is 1. The lowest BCUT2D eigenvalue weighted by Crippen LogP contribution is -2.35. The molecule has 0 aromatic heterocycles. The van der Waals surface area contributed by atoms with Crippen molar-refractivity contribution in [3.63, 3.8) is 0 Å². The predicted octanol–water partition coefficient (Wildman–Crippen LogP) is 4.95. The Kier molecular flexibility index (Phi) is 3.18. The molecule has 0 saturated carbocycles. The highest BCUT2D eigenvalue weighted by atomic mass is 79.9. The van der Waals surface area contributed by atoms with Crippen molar-refractivity contribution in [1.29, 1.82) is 0 Å². The van der Waals surface area contributed by atoms with E-state index in [0.29, 0.717) is 17.3 Å². The van der Waals surface area contributed by atoms with Gasteiger partial charge < -0.3 is 0 Å². The van der Waals surface area contributed by atoms with Crippen LogP contribution in [-0.4, -0.2) is 0 Å². The maximum atomic E-state index is 3.61. The molecule has 0 atom stereocenters. The molecule has 0 radical (unpaired) electrons. The van der Waals surface area contributed by atoms with Crippen LogP contribution < -0.4 is 0 Å². The maximum absolute atomic E-state index is 3.61. The Morgan fingerprint density at radius 2 is 1.75 bits per heavy atom. The fraction of sp³-hybridized carbons (Fsp3) is 0.600. The number of hydrogen-bond donors (Lipinski definition) is 0. The molecule has 88 valence electrons. The van der Waals surface area contributed by atoms with Crippen LogP contribution in [-0.2, 0) is 11.8 Å². The summed E-state index contributed by atoms with van der Waals surface area (Å²) in [5.74, 6) is 1.42. The van der Waals surface area contributed by atoms with E-state index in [4.69, 9.17) is 0 Å². The predicted molar refractivity (Wildman–Crippen MR) is 73.8 cm³/mol. The first-order valence-corrected chi connectivity index (χ1v) is 7.06. The second kappa shape index (κ2) is 4.18. The molecule has 1 aromatic rings. The zero-order valence-electron chi connectivity index (χ0n) is 10.7. The van der Waals surface area contributed by atoms with Crippen molar-refractivity contribution in [3.8, 4) is 0 Å². The second-order valence-electron chi connectivity index (χ2n) is 5.65. The van der Waals surface area contributed by atoms with Gasteiger partial charge in [-0.25, -0.2) is 0 Å². The van der Waals surface area contributed by atoms with E-state index in [0.717, 1.165) is 0 Å². The average Bonchev–Trinajstić information content (AvgIpc) is 2.57. The normalized spacial score (nSPS) is 18.2. The Morgan fingerprint density at radius 3 is 2.31 bits per heavy atom. The maximum Gasteiger partial charge on any atom is 0.0178 e. The number of benzene rings is 1. The molecule has 0 fully saturated rings. The molecule has 0 aliphatic heterocycles. The molecule has 1 aromatic carbocycles. The van der Waals surface area contributed by atoms with Gasteiger partial charge in [-0.3, -0.25) is 0 Å². The summed E-state index contributed by atoms with van der Waals surface area (Å²) in [6, 6.07) is 6.82. The van der Waals surface area contributed by atoms with Gasteiger partial charge in [-0.1, -0.05) is 49.7 Å². The van der Waals surface area contributed by atoms with Crippen molar-refractivity contribution >= 4 is 15.9 Å². The van der Waals surface area contributed by atoms with Gasteiger partial charge in [0.15, 0.2) is 0 Å². The van der Waals surface area contributed by atoms with Gasteiger partial charge >= 0.3 is 0 Å². The second-order valence-corrected chi connectivity index (χ2v) is 6.57. The van der Waals surface area contributed by atoms with Gasteiger partial charge in [-0.2, -0.15) is 0 Å². The standard InChI is InChI=1S/C15H21Br/c1-10(2)15(11(3)4)8-7-12-5-6-13(16)9-14(12)15/h5-6,9-11H,7-8H2,1-4H3. The number of fused-ring (bicyclic) bond motifs is 1. The number of hydrogen-bond acceptors (Lipinski definition) is 0. The lowest BCUT2D eigenvalue weighted by molar-refractivity contribution is 0.218. The Morgan fingerprint density at radius 1 is 1.12 bits per heavy atom. The largest absolute Gasteiger partial charge is 0.0619 e.